The monoisotopic (exact) mass is 356 g/mol. The zero-order valence-corrected chi connectivity index (χ0v) is 13.4. The third kappa shape index (κ3) is 4.31. The van der Waals surface area contributed by atoms with Crippen molar-refractivity contribution >= 4 is 11.4 Å². The summed E-state index contributed by atoms with van der Waals surface area (Å²) in [6, 6.07) is 7.39. The molecule has 0 atom stereocenters. The van der Waals surface area contributed by atoms with Gasteiger partial charge in [-0.05, 0) is 29.8 Å². The molecule has 25 heavy (non-hydrogen) atoms. The maximum atomic E-state index is 12.7. The maximum absolute atomic E-state index is 12.7. The molecule has 0 bridgehead atoms. The smallest absolute Gasteiger partial charge is 0.416 e. The topological polar surface area (TPSA) is 73.6 Å². The number of alkyl halides is 3. The van der Waals surface area contributed by atoms with E-state index in [-0.39, 0.29) is 12.2 Å². The summed E-state index contributed by atoms with van der Waals surface area (Å²) in [6.45, 7) is 0.159. The summed E-state index contributed by atoms with van der Waals surface area (Å²) in [7, 11) is 2.96. The zero-order chi connectivity index (χ0) is 18.6. The number of nitro benzene ring substituents is 1. The lowest BCUT2D eigenvalue weighted by Crippen LogP contribution is -2.08. The van der Waals surface area contributed by atoms with Crippen LogP contribution in [0, 0.1) is 10.1 Å². The normalized spacial score (nSPS) is 11.1. The van der Waals surface area contributed by atoms with E-state index in [4.69, 9.17) is 9.47 Å². The minimum absolute atomic E-state index is 0.00668. The average Bonchev–Trinajstić information content (AvgIpc) is 2.58. The lowest BCUT2D eigenvalue weighted by Gasteiger charge is -2.12. The van der Waals surface area contributed by atoms with Crippen molar-refractivity contribution in [3.63, 3.8) is 0 Å². The Morgan fingerprint density at radius 3 is 2.32 bits per heavy atom. The standard InChI is InChI=1S/C16H15F3N2O4/c1-24-14-6-3-10(7-15(14)25-2)9-20-12-5-4-11(16(17,18)19)8-13(12)21(22)23/h3-8,20H,9H2,1-2H3. The number of rotatable bonds is 6. The van der Waals surface area contributed by atoms with Crippen LogP contribution in [0.3, 0.4) is 0 Å². The predicted octanol–water partition coefficient (Wildman–Crippen LogP) is 4.24. The van der Waals surface area contributed by atoms with Crippen molar-refractivity contribution in [2.45, 2.75) is 12.7 Å². The van der Waals surface area contributed by atoms with Gasteiger partial charge in [0.25, 0.3) is 5.69 Å². The Bertz CT molecular complexity index is 778. The van der Waals surface area contributed by atoms with Crippen molar-refractivity contribution in [1.29, 1.82) is 0 Å². The van der Waals surface area contributed by atoms with Crippen LogP contribution < -0.4 is 14.8 Å². The van der Waals surface area contributed by atoms with Crippen LogP contribution in [0.25, 0.3) is 0 Å². The molecule has 134 valence electrons. The number of nitrogens with one attached hydrogen (secondary N) is 1. The third-order valence-electron chi connectivity index (χ3n) is 3.45. The van der Waals surface area contributed by atoms with Crippen LogP contribution in [0.2, 0.25) is 0 Å². The SMILES string of the molecule is COc1ccc(CNc2ccc(C(F)(F)F)cc2[N+](=O)[O-])cc1OC. The average molecular weight is 356 g/mol. The zero-order valence-electron chi connectivity index (χ0n) is 13.4. The molecule has 0 saturated heterocycles. The maximum Gasteiger partial charge on any atom is 0.416 e. The Hall–Kier alpha value is -2.97. The molecule has 0 fully saturated rings. The van der Waals surface area contributed by atoms with Gasteiger partial charge in [0.15, 0.2) is 11.5 Å². The van der Waals surface area contributed by atoms with E-state index in [1.165, 1.54) is 14.2 Å². The molecule has 2 aromatic rings. The minimum Gasteiger partial charge on any atom is -0.493 e. The number of halogens is 3. The van der Waals surface area contributed by atoms with Gasteiger partial charge in [-0.2, -0.15) is 13.2 Å². The molecule has 2 rings (SSSR count). The summed E-state index contributed by atoms with van der Waals surface area (Å²) in [5, 5.41) is 13.8. The molecule has 0 amide bonds. The summed E-state index contributed by atoms with van der Waals surface area (Å²) in [4.78, 5) is 10.2. The highest BCUT2D eigenvalue weighted by Crippen LogP contribution is 2.35. The van der Waals surface area contributed by atoms with Crippen LogP contribution in [0.1, 0.15) is 11.1 Å². The lowest BCUT2D eigenvalue weighted by atomic mass is 10.1. The van der Waals surface area contributed by atoms with Gasteiger partial charge in [-0.1, -0.05) is 6.07 Å². The van der Waals surface area contributed by atoms with Gasteiger partial charge < -0.3 is 14.8 Å². The molecule has 0 aliphatic rings. The van der Waals surface area contributed by atoms with Crippen molar-refractivity contribution in [2.24, 2.45) is 0 Å². The Labute approximate surface area is 141 Å². The molecular formula is C16H15F3N2O4. The number of methoxy groups -OCH3 is 2. The van der Waals surface area contributed by atoms with Crippen molar-refractivity contribution in [3.05, 3.63) is 57.6 Å². The van der Waals surface area contributed by atoms with Crippen LogP contribution in [0.15, 0.2) is 36.4 Å². The van der Waals surface area contributed by atoms with E-state index in [1.54, 1.807) is 18.2 Å². The number of nitrogens with zero attached hydrogens (tertiary/aromatic N) is 1. The molecule has 0 unspecified atom stereocenters. The highest BCUT2D eigenvalue weighted by Gasteiger charge is 2.33. The molecular weight excluding hydrogens is 341 g/mol. The largest absolute Gasteiger partial charge is 0.493 e. The highest BCUT2D eigenvalue weighted by molar-refractivity contribution is 5.63. The molecule has 0 aromatic heterocycles. The second-order valence-electron chi connectivity index (χ2n) is 5.03. The number of hydrogen-bond acceptors (Lipinski definition) is 5. The number of benzene rings is 2. The fraction of sp³-hybridized carbons (Fsp3) is 0.250. The van der Waals surface area contributed by atoms with Crippen LogP contribution in [0.4, 0.5) is 24.5 Å². The molecule has 6 nitrogen and oxygen atoms in total. The molecule has 0 heterocycles. The second-order valence-corrected chi connectivity index (χ2v) is 5.03. The van der Waals surface area contributed by atoms with Gasteiger partial charge in [0.1, 0.15) is 5.69 Å². The van der Waals surface area contributed by atoms with Gasteiger partial charge in [0.2, 0.25) is 0 Å². The highest BCUT2D eigenvalue weighted by atomic mass is 19.4. The summed E-state index contributed by atoms with van der Waals surface area (Å²) in [6.07, 6.45) is -4.65. The van der Waals surface area contributed by atoms with Crippen molar-refractivity contribution in [1.82, 2.24) is 0 Å². The lowest BCUT2D eigenvalue weighted by molar-refractivity contribution is -0.384. The molecule has 9 heteroatoms. The Morgan fingerprint density at radius 1 is 1.08 bits per heavy atom. The van der Waals surface area contributed by atoms with Crippen LogP contribution in [-0.4, -0.2) is 19.1 Å². The Kier molecular flexibility index (Phi) is 5.35. The molecule has 1 N–H and O–H groups in total. The fourth-order valence-corrected chi connectivity index (χ4v) is 2.20. The van der Waals surface area contributed by atoms with Gasteiger partial charge in [-0.3, -0.25) is 10.1 Å². The van der Waals surface area contributed by atoms with E-state index in [0.717, 1.165) is 12.1 Å². The first-order chi connectivity index (χ1) is 11.8. The fourth-order valence-electron chi connectivity index (χ4n) is 2.20. The number of anilines is 1. The van der Waals surface area contributed by atoms with E-state index in [0.29, 0.717) is 23.1 Å². The van der Waals surface area contributed by atoms with E-state index in [1.807, 2.05) is 0 Å². The van der Waals surface area contributed by atoms with E-state index in [2.05, 4.69) is 5.32 Å². The molecule has 0 aliphatic carbocycles. The van der Waals surface area contributed by atoms with Gasteiger partial charge in [0, 0.05) is 12.6 Å². The number of ether oxygens (including phenoxy) is 2. The van der Waals surface area contributed by atoms with Gasteiger partial charge in [-0.25, -0.2) is 0 Å². The molecule has 0 spiro atoms. The predicted molar refractivity (Wildman–Crippen MR) is 85.0 cm³/mol. The molecule has 0 aliphatic heterocycles. The first-order valence-electron chi connectivity index (χ1n) is 7.06. The van der Waals surface area contributed by atoms with Gasteiger partial charge in [0.05, 0.1) is 24.7 Å². The van der Waals surface area contributed by atoms with Crippen molar-refractivity contribution < 1.29 is 27.6 Å². The van der Waals surface area contributed by atoms with Crippen molar-refractivity contribution in [2.75, 3.05) is 19.5 Å². The Morgan fingerprint density at radius 2 is 1.76 bits per heavy atom. The molecule has 0 radical (unpaired) electrons. The quantitative estimate of drug-likeness (QED) is 0.619. The first-order valence-corrected chi connectivity index (χ1v) is 7.06. The van der Waals surface area contributed by atoms with Gasteiger partial charge in [-0.15, -0.1) is 0 Å². The number of hydrogen-bond donors (Lipinski definition) is 1. The van der Waals surface area contributed by atoms with Crippen LogP contribution in [-0.2, 0) is 12.7 Å². The summed E-state index contributed by atoms with van der Waals surface area (Å²) >= 11 is 0. The minimum atomic E-state index is -4.65. The number of nitro groups is 1. The van der Waals surface area contributed by atoms with Gasteiger partial charge >= 0.3 is 6.18 Å². The summed E-state index contributed by atoms with van der Waals surface area (Å²) in [5.74, 6) is 0.996. The Balaban J connectivity index is 2.24. The van der Waals surface area contributed by atoms with E-state index in [9.17, 15) is 23.3 Å². The summed E-state index contributed by atoms with van der Waals surface area (Å²) < 4.78 is 48.4. The van der Waals surface area contributed by atoms with Crippen molar-refractivity contribution in [3.8, 4) is 11.5 Å². The van der Waals surface area contributed by atoms with E-state index >= 15 is 0 Å². The van der Waals surface area contributed by atoms with E-state index < -0.39 is 22.4 Å². The third-order valence-corrected chi connectivity index (χ3v) is 3.45. The van der Waals surface area contributed by atoms with Crippen LogP contribution in [0.5, 0.6) is 11.5 Å². The first kappa shape index (κ1) is 18.4. The molecule has 2 aromatic carbocycles. The van der Waals surface area contributed by atoms with Crippen LogP contribution >= 0.6 is 0 Å². The molecule has 0 saturated carbocycles. The summed E-state index contributed by atoms with van der Waals surface area (Å²) in [5.41, 5.74) is -1.01. The second kappa shape index (κ2) is 7.29.